The highest BCUT2D eigenvalue weighted by atomic mass is 79.9. The van der Waals surface area contributed by atoms with Crippen molar-refractivity contribution in [2.45, 2.75) is 19.3 Å². The summed E-state index contributed by atoms with van der Waals surface area (Å²) < 4.78 is 0. The van der Waals surface area contributed by atoms with Gasteiger partial charge in [-0.2, -0.15) is 4.98 Å². The highest BCUT2D eigenvalue weighted by Crippen LogP contribution is 2.21. The average Bonchev–Trinajstić information content (AvgIpc) is 2.79. The molecule has 0 saturated heterocycles. The smallest absolute Gasteiger partial charge is 0.236 e. The summed E-state index contributed by atoms with van der Waals surface area (Å²) in [7, 11) is 0. The summed E-state index contributed by atoms with van der Waals surface area (Å²) >= 11 is 1.76. The van der Waals surface area contributed by atoms with E-state index >= 15 is 0 Å². The maximum Gasteiger partial charge on any atom is 0.236 e. The molecule has 0 saturated carbocycles. The molecule has 2 rings (SSSR count). The molecule has 0 aliphatic rings. The van der Waals surface area contributed by atoms with Crippen LogP contribution in [0.15, 0.2) is 29.6 Å². The lowest BCUT2D eigenvalue weighted by Gasteiger charge is -1.92. The van der Waals surface area contributed by atoms with Gasteiger partial charge in [0.2, 0.25) is 10.7 Å². The molecule has 0 bridgehead atoms. The SMILES string of the molecule is [Br-].[Br-].[NH3+]CCCCc1[nH+]c(-c2ccc(O)cc2)cs1. The molecule has 0 spiro atoms. The van der Waals surface area contributed by atoms with Crippen molar-refractivity contribution in [2.75, 3.05) is 6.54 Å². The molecule has 0 radical (unpaired) electrons. The Bertz CT molecular complexity index is 474. The van der Waals surface area contributed by atoms with Gasteiger partial charge in [0.05, 0.1) is 11.9 Å². The van der Waals surface area contributed by atoms with Crippen LogP contribution in [0.2, 0.25) is 0 Å². The quantitative estimate of drug-likeness (QED) is 0.480. The summed E-state index contributed by atoms with van der Waals surface area (Å²) in [6.07, 6.45) is 3.47. The number of aromatic hydroxyl groups is 1. The minimum Gasteiger partial charge on any atom is -1.00 e. The lowest BCUT2D eigenvalue weighted by Crippen LogP contribution is -3.00. The lowest BCUT2D eigenvalue weighted by atomic mass is 10.2. The Morgan fingerprint density at radius 3 is 2.42 bits per heavy atom. The molecule has 0 aliphatic heterocycles. The van der Waals surface area contributed by atoms with Crippen molar-refractivity contribution in [1.29, 1.82) is 0 Å². The largest absolute Gasteiger partial charge is 1.00 e. The van der Waals surface area contributed by atoms with Crippen molar-refractivity contribution in [3.8, 4) is 17.0 Å². The van der Waals surface area contributed by atoms with Crippen molar-refractivity contribution in [1.82, 2.24) is 0 Å². The van der Waals surface area contributed by atoms with Gasteiger partial charge in [0.25, 0.3) is 0 Å². The third-order valence-electron chi connectivity index (χ3n) is 2.68. The Morgan fingerprint density at radius 1 is 1.11 bits per heavy atom. The first-order valence-electron chi connectivity index (χ1n) is 5.88. The second kappa shape index (κ2) is 9.47. The summed E-state index contributed by atoms with van der Waals surface area (Å²) in [6, 6.07) is 7.27. The Morgan fingerprint density at radius 2 is 1.79 bits per heavy atom. The van der Waals surface area contributed by atoms with Crippen LogP contribution in [-0.4, -0.2) is 11.7 Å². The van der Waals surface area contributed by atoms with Crippen LogP contribution in [0.4, 0.5) is 0 Å². The number of aromatic nitrogens is 1. The van der Waals surface area contributed by atoms with Crippen LogP contribution in [0.3, 0.4) is 0 Å². The van der Waals surface area contributed by atoms with E-state index in [1.807, 2.05) is 12.1 Å². The molecule has 3 nitrogen and oxygen atoms in total. The van der Waals surface area contributed by atoms with Gasteiger partial charge in [0, 0.05) is 12.0 Å². The standard InChI is InChI=1S/C13H16N2OS.2BrH/c14-8-2-1-3-13-15-12(9-17-13)10-4-6-11(16)7-5-10;;/h4-7,9,16H,1-3,8,14H2;2*1H. The first-order chi connectivity index (χ1) is 8.29. The van der Waals surface area contributed by atoms with Crippen LogP contribution in [-0.2, 0) is 6.42 Å². The number of hydrogen-bond donors (Lipinski definition) is 2. The van der Waals surface area contributed by atoms with Gasteiger partial charge in [-0.1, -0.05) is 11.3 Å². The molecule has 19 heavy (non-hydrogen) atoms. The van der Waals surface area contributed by atoms with Crippen LogP contribution in [0.1, 0.15) is 17.8 Å². The number of rotatable bonds is 5. The molecule has 6 heteroatoms. The van der Waals surface area contributed by atoms with Gasteiger partial charge in [0.1, 0.15) is 5.75 Å². The van der Waals surface area contributed by atoms with Crippen molar-refractivity contribution >= 4 is 11.3 Å². The van der Waals surface area contributed by atoms with Crippen LogP contribution >= 0.6 is 11.3 Å². The first kappa shape index (κ1) is 18.6. The van der Waals surface area contributed by atoms with E-state index in [9.17, 15) is 5.11 Å². The molecular weight excluding hydrogens is 392 g/mol. The second-order valence-electron chi connectivity index (χ2n) is 4.06. The highest BCUT2D eigenvalue weighted by molar-refractivity contribution is 7.09. The van der Waals surface area contributed by atoms with E-state index in [1.54, 1.807) is 23.5 Å². The number of aromatic amines is 1. The van der Waals surface area contributed by atoms with Crippen LogP contribution in [0.25, 0.3) is 11.3 Å². The van der Waals surface area contributed by atoms with Crippen LogP contribution in [0, 0.1) is 0 Å². The number of phenols is 1. The van der Waals surface area contributed by atoms with Gasteiger partial charge in [-0.05, 0) is 37.1 Å². The molecule has 0 aliphatic carbocycles. The van der Waals surface area contributed by atoms with E-state index in [4.69, 9.17) is 0 Å². The van der Waals surface area contributed by atoms with Crippen LogP contribution < -0.4 is 44.7 Å². The molecule has 106 valence electrons. The summed E-state index contributed by atoms with van der Waals surface area (Å²) in [5.41, 5.74) is 6.09. The third kappa shape index (κ3) is 5.60. The monoisotopic (exact) mass is 408 g/mol. The van der Waals surface area contributed by atoms with E-state index in [1.165, 1.54) is 17.8 Å². The fraction of sp³-hybridized carbons (Fsp3) is 0.308. The number of halogens is 2. The molecule has 2 aromatic rings. The van der Waals surface area contributed by atoms with E-state index in [0.717, 1.165) is 24.2 Å². The topological polar surface area (TPSA) is 62.0 Å². The first-order valence-corrected chi connectivity index (χ1v) is 6.76. The number of thiazole rings is 1. The second-order valence-corrected chi connectivity index (χ2v) is 5.02. The molecule has 1 aromatic heterocycles. The summed E-state index contributed by atoms with van der Waals surface area (Å²) in [5, 5.41) is 12.7. The maximum atomic E-state index is 9.24. The number of quaternary nitrogens is 1. The number of benzene rings is 1. The third-order valence-corrected chi connectivity index (χ3v) is 3.62. The lowest BCUT2D eigenvalue weighted by molar-refractivity contribution is -0.372. The zero-order chi connectivity index (χ0) is 12.1. The summed E-state index contributed by atoms with van der Waals surface area (Å²) in [4.78, 5) is 3.42. The zero-order valence-corrected chi connectivity index (χ0v) is 14.5. The zero-order valence-electron chi connectivity index (χ0n) is 10.5. The van der Waals surface area contributed by atoms with Gasteiger partial charge in [0.15, 0.2) is 0 Å². The Balaban J connectivity index is 0.00000162. The van der Waals surface area contributed by atoms with Gasteiger partial charge >= 0.3 is 0 Å². The number of nitrogens with one attached hydrogen (secondary N) is 1. The van der Waals surface area contributed by atoms with Crippen molar-refractivity contribution in [2.24, 2.45) is 0 Å². The van der Waals surface area contributed by atoms with Gasteiger partial charge in [-0.3, -0.25) is 0 Å². The van der Waals surface area contributed by atoms with E-state index < -0.39 is 0 Å². The van der Waals surface area contributed by atoms with Crippen LogP contribution in [0.5, 0.6) is 5.75 Å². The van der Waals surface area contributed by atoms with Gasteiger partial charge in [-0.25, -0.2) is 0 Å². The van der Waals surface area contributed by atoms with Crippen molar-refractivity contribution in [3.63, 3.8) is 0 Å². The van der Waals surface area contributed by atoms with E-state index in [-0.39, 0.29) is 34.0 Å². The van der Waals surface area contributed by atoms with Gasteiger partial charge in [-0.15, -0.1) is 0 Å². The fourth-order valence-electron chi connectivity index (χ4n) is 1.70. The predicted octanol–water partition coefficient (Wildman–Crippen LogP) is -4.49. The summed E-state index contributed by atoms with van der Waals surface area (Å²) in [5.74, 6) is 0.305. The number of phenolic OH excluding ortho intramolecular Hbond substituents is 1. The maximum absolute atomic E-state index is 9.24. The van der Waals surface area contributed by atoms with Crippen molar-refractivity contribution < 1.29 is 49.8 Å². The molecule has 1 aromatic carbocycles. The average molecular weight is 410 g/mol. The molecular formula is C13H18Br2N2OS. The minimum atomic E-state index is 0. The molecule has 0 amide bonds. The normalized spacial score (nSPS) is 9.53. The Labute approximate surface area is 138 Å². The minimum absolute atomic E-state index is 0. The number of hydrogen-bond acceptors (Lipinski definition) is 2. The molecule has 0 unspecified atom stereocenters. The van der Waals surface area contributed by atoms with Crippen molar-refractivity contribution in [3.05, 3.63) is 34.7 Å². The molecule has 0 fully saturated rings. The Kier molecular flexibility index (Phi) is 9.26. The highest BCUT2D eigenvalue weighted by Gasteiger charge is 2.11. The van der Waals surface area contributed by atoms with Gasteiger partial charge < -0.3 is 44.8 Å². The summed E-state index contributed by atoms with van der Waals surface area (Å²) in [6.45, 7) is 1.01. The number of aryl methyl sites for hydroxylation is 1. The van der Waals surface area contributed by atoms with E-state index in [0.29, 0.717) is 5.75 Å². The number of H-pyrrole nitrogens is 1. The molecule has 5 N–H and O–H groups in total. The fourth-order valence-corrected chi connectivity index (χ4v) is 2.59. The molecule has 0 atom stereocenters. The van der Waals surface area contributed by atoms with E-state index in [2.05, 4.69) is 16.1 Å². The predicted molar refractivity (Wildman–Crippen MR) is 68.7 cm³/mol. The molecule has 1 heterocycles. The Hall–Kier alpha value is -0.430. The number of unbranched alkanes of at least 4 members (excludes halogenated alkanes) is 1.